The van der Waals surface area contributed by atoms with Gasteiger partial charge in [0.1, 0.15) is 6.10 Å². The number of pyridine rings is 1. The van der Waals surface area contributed by atoms with E-state index in [0.29, 0.717) is 36.9 Å². The Balaban J connectivity index is 1.72. The van der Waals surface area contributed by atoms with E-state index in [4.69, 9.17) is 9.72 Å². The minimum atomic E-state index is -3.40. The number of ether oxygens (including phenoxy) is 1. The number of benzene rings is 1. The minimum Gasteiger partial charge on any atom is -0.370 e. The van der Waals surface area contributed by atoms with Gasteiger partial charge in [-0.1, -0.05) is 18.2 Å². The second-order valence-electron chi connectivity index (χ2n) is 7.19. The summed E-state index contributed by atoms with van der Waals surface area (Å²) < 4.78 is 31.8. The molecule has 1 aromatic carbocycles. The fourth-order valence-corrected chi connectivity index (χ4v) is 4.54. The third kappa shape index (κ3) is 3.99. The number of hydrogen-bond acceptors (Lipinski definition) is 7. The summed E-state index contributed by atoms with van der Waals surface area (Å²) in [6, 6.07) is 11.9. The zero-order valence-electron chi connectivity index (χ0n) is 16.7. The van der Waals surface area contributed by atoms with Crippen molar-refractivity contribution in [2.45, 2.75) is 11.0 Å². The first-order chi connectivity index (χ1) is 14.3. The summed E-state index contributed by atoms with van der Waals surface area (Å²) in [4.78, 5) is 23.5. The van der Waals surface area contributed by atoms with Crippen molar-refractivity contribution in [3.05, 3.63) is 70.8 Å². The SMILES string of the molecule is Cn1c(N2CCOC(c3ccccc3S(C)(=O)=O)C2)nc(-c2ccncc2)cc1=O. The molecule has 1 atom stereocenters. The van der Waals surface area contributed by atoms with Crippen molar-refractivity contribution < 1.29 is 13.2 Å². The van der Waals surface area contributed by atoms with Crippen molar-refractivity contribution in [1.29, 1.82) is 0 Å². The van der Waals surface area contributed by atoms with Gasteiger partial charge in [-0.15, -0.1) is 0 Å². The van der Waals surface area contributed by atoms with Gasteiger partial charge in [0.05, 0.1) is 23.7 Å². The lowest BCUT2D eigenvalue weighted by atomic mass is 10.1. The molecule has 9 heteroatoms. The van der Waals surface area contributed by atoms with Crippen LogP contribution in [0, 0.1) is 0 Å². The van der Waals surface area contributed by atoms with Crippen molar-refractivity contribution in [3.63, 3.8) is 0 Å². The second kappa shape index (κ2) is 8.00. The van der Waals surface area contributed by atoms with Gasteiger partial charge in [0.25, 0.3) is 5.56 Å². The number of anilines is 1. The highest BCUT2D eigenvalue weighted by Gasteiger charge is 2.28. The molecule has 1 aliphatic rings. The number of aromatic nitrogens is 3. The first kappa shape index (κ1) is 20.2. The van der Waals surface area contributed by atoms with E-state index < -0.39 is 15.9 Å². The van der Waals surface area contributed by atoms with E-state index in [1.54, 1.807) is 55.8 Å². The van der Waals surface area contributed by atoms with Crippen molar-refractivity contribution in [1.82, 2.24) is 14.5 Å². The average molecular weight is 426 g/mol. The van der Waals surface area contributed by atoms with Crippen molar-refractivity contribution in [2.75, 3.05) is 30.9 Å². The summed E-state index contributed by atoms with van der Waals surface area (Å²) in [6.07, 6.45) is 4.05. The molecule has 1 fully saturated rings. The normalized spacial score (nSPS) is 17.1. The molecule has 0 amide bonds. The van der Waals surface area contributed by atoms with Crippen LogP contribution in [0.15, 0.2) is 64.5 Å². The van der Waals surface area contributed by atoms with E-state index in [0.717, 1.165) is 5.56 Å². The summed E-state index contributed by atoms with van der Waals surface area (Å²) in [6.45, 7) is 1.31. The number of hydrogen-bond donors (Lipinski definition) is 0. The molecule has 3 aromatic rings. The van der Waals surface area contributed by atoms with E-state index >= 15 is 0 Å². The van der Waals surface area contributed by atoms with E-state index in [9.17, 15) is 13.2 Å². The van der Waals surface area contributed by atoms with Gasteiger partial charge >= 0.3 is 0 Å². The van der Waals surface area contributed by atoms with E-state index in [1.165, 1.54) is 16.9 Å². The molecule has 156 valence electrons. The molecule has 8 nitrogen and oxygen atoms in total. The summed E-state index contributed by atoms with van der Waals surface area (Å²) in [7, 11) is -1.72. The van der Waals surface area contributed by atoms with E-state index in [2.05, 4.69) is 4.98 Å². The van der Waals surface area contributed by atoms with Crippen LogP contribution in [-0.2, 0) is 21.6 Å². The van der Waals surface area contributed by atoms with Crippen LogP contribution in [0.1, 0.15) is 11.7 Å². The Hall–Kier alpha value is -3.04. The predicted molar refractivity (Wildman–Crippen MR) is 113 cm³/mol. The molecule has 0 spiro atoms. The topological polar surface area (TPSA) is 94.4 Å². The molecule has 1 saturated heterocycles. The summed E-state index contributed by atoms with van der Waals surface area (Å²) >= 11 is 0. The van der Waals surface area contributed by atoms with Gasteiger partial charge in [0, 0.05) is 49.4 Å². The van der Waals surface area contributed by atoms with Gasteiger partial charge in [-0.05, 0) is 18.2 Å². The molecule has 0 bridgehead atoms. The first-order valence-electron chi connectivity index (χ1n) is 9.48. The van der Waals surface area contributed by atoms with Crippen molar-refractivity contribution >= 4 is 15.8 Å². The number of morpholine rings is 1. The maximum atomic E-state index is 12.6. The zero-order chi connectivity index (χ0) is 21.3. The van der Waals surface area contributed by atoms with Gasteiger partial charge in [-0.3, -0.25) is 14.3 Å². The highest BCUT2D eigenvalue weighted by Crippen LogP contribution is 2.30. The maximum Gasteiger partial charge on any atom is 0.255 e. The number of nitrogens with zero attached hydrogens (tertiary/aromatic N) is 4. The number of sulfone groups is 1. The first-order valence-corrected chi connectivity index (χ1v) is 11.4. The largest absolute Gasteiger partial charge is 0.370 e. The quantitative estimate of drug-likeness (QED) is 0.628. The van der Waals surface area contributed by atoms with Crippen LogP contribution in [0.3, 0.4) is 0 Å². The smallest absolute Gasteiger partial charge is 0.255 e. The van der Waals surface area contributed by atoms with Crippen LogP contribution in [0.4, 0.5) is 5.95 Å². The highest BCUT2D eigenvalue weighted by atomic mass is 32.2. The fraction of sp³-hybridized carbons (Fsp3) is 0.286. The van der Waals surface area contributed by atoms with E-state index in [1.807, 2.05) is 4.90 Å². The molecular formula is C21H22N4O4S. The van der Waals surface area contributed by atoms with Gasteiger partial charge in [0.2, 0.25) is 5.95 Å². The van der Waals surface area contributed by atoms with Crippen LogP contribution in [0.2, 0.25) is 0 Å². The van der Waals surface area contributed by atoms with Crippen LogP contribution in [0.5, 0.6) is 0 Å². The molecular weight excluding hydrogens is 404 g/mol. The second-order valence-corrected chi connectivity index (χ2v) is 9.17. The monoisotopic (exact) mass is 426 g/mol. The minimum absolute atomic E-state index is 0.175. The summed E-state index contributed by atoms with van der Waals surface area (Å²) in [5.74, 6) is 0.513. The van der Waals surface area contributed by atoms with Gasteiger partial charge in [-0.2, -0.15) is 0 Å². The maximum absolute atomic E-state index is 12.6. The van der Waals surface area contributed by atoms with Crippen molar-refractivity contribution in [2.24, 2.45) is 7.05 Å². The number of rotatable bonds is 4. The standard InChI is InChI=1S/C21H22N4O4S/c1-24-20(26)13-17(15-7-9-22-10-8-15)23-21(24)25-11-12-29-18(14-25)16-5-3-4-6-19(16)30(2,27)28/h3-10,13,18H,11-12,14H2,1-2H3. The predicted octanol–water partition coefficient (Wildman–Crippen LogP) is 1.82. The molecule has 30 heavy (non-hydrogen) atoms. The molecule has 4 rings (SSSR count). The van der Waals surface area contributed by atoms with Crippen LogP contribution in [0.25, 0.3) is 11.3 Å². The van der Waals surface area contributed by atoms with Crippen molar-refractivity contribution in [3.8, 4) is 11.3 Å². The van der Waals surface area contributed by atoms with Gasteiger partial charge in [0.15, 0.2) is 9.84 Å². The third-order valence-electron chi connectivity index (χ3n) is 5.10. The lowest BCUT2D eigenvalue weighted by Crippen LogP contribution is -2.42. The van der Waals surface area contributed by atoms with Crippen LogP contribution < -0.4 is 10.5 Å². The highest BCUT2D eigenvalue weighted by molar-refractivity contribution is 7.90. The Morgan fingerprint density at radius 3 is 2.60 bits per heavy atom. The Labute approximate surface area is 174 Å². The Kier molecular flexibility index (Phi) is 5.40. The molecule has 0 saturated carbocycles. The van der Waals surface area contributed by atoms with Crippen LogP contribution in [-0.4, -0.2) is 48.9 Å². The Bertz CT molecular complexity index is 1230. The molecule has 1 unspecified atom stereocenters. The Morgan fingerprint density at radius 2 is 1.87 bits per heavy atom. The van der Waals surface area contributed by atoms with Gasteiger partial charge in [-0.25, -0.2) is 13.4 Å². The zero-order valence-corrected chi connectivity index (χ0v) is 17.5. The lowest BCUT2D eigenvalue weighted by Gasteiger charge is -2.35. The lowest BCUT2D eigenvalue weighted by molar-refractivity contribution is 0.0372. The third-order valence-corrected chi connectivity index (χ3v) is 6.27. The summed E-state index contributed by atoms with van der Waals surface area (Å²) in [5, 5.41) is 0. The molecule has 0 aliphatic carbocycles. The van der Waals surface area contributed by atoms with Gasteiger partial charge < -0.3 is 9.64 Å². The fourth-order valence-electron chi connectivity index (χ4n) is 3.58. The molecule has 1 aliphatic heterocycles. The molecule has 0 radical (unpaired) electrons. The molecule has 2 aromatic heterocycles. The van der Waals surface area contributed by atoms with Crippen LogP contribution >= 0.6 is 0 Å². The Morgan fingerprint density at radius 1 is 1.13 bits per heavy atom. The summed E-state index contributed by atoms with van der Waals surface area (Å²) in [5.41, 5.74) is 1.80. The molecule has 0 N–H and O–H groups in total. The average Bonchev–Trinajstić information content (AvgIpc) is 2.75. The molecule has 3 heterocycles. The van der Waals surface area contributed by atoms with E-state index in [-0.39, 0.29) is 10.5 Å².